The summed E-state index contributed by atoms with van der Waals surface area (Å²) >= 11 is 13.5. The third-order valence-corrected chi connectivity index (χ3v) is 4.55. The number of nitrogens with zero attached hydrogens (tertiary/aromatic N) is 3. The van der Waals surface area contributed by atoms with Gasteiger partial charge in [-0.25, -0.2) is 9.98 Å². The Morgan fingerprint density at radius 1 is 1.14 bits per heavy atom. The van der Waals surface area contributed by atoms with Crippen molar-refractivity contribution in [3.63, 3.8) is 0 Å². The van der Waals surface area contributed by atoms with Crippen LogP contribution in [0.4, 0.5) is 5.69 Å². The summed E-state index contributed by atoms with van der Waals surface area (Å²) in [5.74, 6) is 1.05. The lowest BCUT2D eigenvalue weighted by atomic mass is 10.3. The summed E-state index contributed by atoms with van der Waals surface area (Å²) < 4.78 is 0. The third-order valence-electron chi connectivity index (χ3n) is 3.08. The molecule has 0 amide bonds. The minimum Gasteiger partial charge on any atom is -0.346 e. The molecule has 0 bridgehead atoms. The summed E-state index contributed by atoms with van der Waals surface area (Å²) in [6.07, 6.45) is 1.81. The van der Waals surface area contributed by atoms with E-state index in [1.807, 2.05) is 42.6 Å². The van der Waals surface area contributed by atoms with Gasteiger partial charge in [0, 0.05) is 30.1 Å². The first-order valence-electron chi connectivity index (χ1n) is 6.53. The third kappa shape index (κ3) is 3.90. The van der Waals surface area contributed by atoms with Crippen molar-refractivity contribution in [1.82, 2.24) is 9.88 Å². The Kier molecular flexibility index (Phi) is 4.68. The Bertz CT molecular complexity index is 641. The van der Waals surface area contributed by atoms with Gasteiger partial charge in [-0.05, 0) is 35.9 Å². The van der Waals surface area contributed by atoms with Crippen molar-refractivity contribution in [3.05, 3.63) is 58.3 Å². The van der Waals surface area contributed by atoms with Crippen LogP contribution in [0.5, 0.6) is 0 Å². The standard InChI is InChI=1S/C15H13Cl2N3S/c16-12-2-4-13(5-3-12)19-15-20(7-8-21-15)10-11-1-6-14(17)18-9-11/h1-6,9H,7-8,10H2. The van der Waals surface area contributed by atoms with Gasteiger partial charge in [0.15, 0.2) is 5.17 Å². The molecule has 1 aromatic heterocycles. The first-order chi connectivity index (χ1) is 10.2. The van der Waals surface area contributed by atoms with Crippen LogP contribution in [0.25, 0.3) is 0 Å². The first-order valence-corrected chi connectivity index (χ1v) is 8.27. The number of hydrogen-bond acceptors (Lipinski definition) is 3. The van der Waals surface area contributed by atoms with E-state index in [9.17, 15) is 0 Å². The van der Waals surface area contributed by atoms with E-state index in [0.717, 1.165) is 40.3 Å². The van der Waals surface area contributed by atoms with E-state index in [4.69, 9.17) is 28.2 Å². The minimum atomic E-state index is 0.518. The summed E-state index contributed by atoms with van der Waals surface area (Å²) in [6.45, 7) is 1.78. The monoisotopic (exact) mass is 337 g/mol. The highest BCUT2D eigenvalue weighted by molar-refractivity contribution is 8.14. The highest BCUT2D eigenvalue weighted by Crippen LogP contribution is 2.25. The highest BCUT2D eigenvalue weighted by Gasteiger charge is 2.19. The van der Waals surface area contributed by atoms with Crippen LogP contribution in [0, 0.1) is 0 Å². The van der Waals surface area contributed by atoms with Gasteiger partial charge in [0.2, 0.25) is 0 Å². The molecule has 0 aliphatic carbocycles. The highest BCUT2D eigenvalue weighted by atomic mass is 35.5. The van der Waals surface area contributed by atoms with Gasteiger partial charge in [0.05, 0.1) is 5.69 Å². The molecule has 0 spiro atoms. The number of aromatic nitrogens is 1. The topological polar surface area (TPSA) is 28.5 Å². The zero-order valence-corrected chi connectivity index (χ0v) is 13.5. The van der Waals surface area contributed by atoms with Crippen LogP contribution in [-0.2, 0) is 6.54 Å². The van der Waals surface area contributed by atoms with E-state index in [1.165, 1.54) is 0 Å². The van der Waals surface area contributed by atoms with E-state index in [1.54, 1.807) is 11.8 Å². The molecular formula is C15H13Cl2N3S. The molecule has 108 valence electrons. The Labute approximate surface area is 138 Å². The van der Waals surface area contributed by atoms with Crippen molar-refractivity contribution in [3.8, 4) is 0 Å². The molecule has 0 N–H and O–H groups in total. The van der Waals surface area contributed by atoms with Gasteiger partial charge >= 0.3 is 0 Å². The second-order valence-electron chi connectivity index (χ2n) is 4.63. The first kappa shape index (κ1) is 14.7. The second kappa shape index (κ2) is 6.69. The van der Waals surface area contributed by atoms with Gasteiger partial charge in [0.25, 0.3) is 0 Å². The maximum absolute atomic E-state index is 5.90. The number of hydrogen-bond donors (Lipinski definition) is 0. The zero-order valence-electron chi connectivity index (χ0n) is 11.2. The predicted molar refractivity (Wildman–Crippen MR) is 90.7 cm³/mol. The van der Waals surface area contributed by atoms with Crippen LogP contribution in [0.2, 0.25) is 10.2 Å². The quantitative estimate of drug-likeness (QED) is 0.764. The van der Waals surface area contributed by atoms with Gasteiger partial charge in [-0.15, -0.1) is 0 Å². The van der Waals surface area contributed by atoms with Crippen molar-refractivity contribution >= 4 is 45.8 Å². The number of amidine groups is 1. The molecule has 0 radical (unpaired) electrons. The van der Waals surface area contributed by atoms with Crippen LogP contribution < -0.4 is 0 Å². The van der Waals surface area contributed by atoms with Crippen LogP contribution in [0.3, 0.4) is 0 Å². The number of pyridine rings is 1. The largest absolute Gasteiger partial charge is 0.346 e. The Morgan fingerprint density at radius 2 is 1.95 bits per heavy atom. The van der Waals surface area contributed by atoms with Gasteiger partial charge in [-0.1, -0.05) is 41.0 Å². The lowest BCUT2D eigenvalue weighted by Gasteiger charge is -2.17. The van der Waals surface area contributed by atoms with Crippen molar-refractivity contribution < 1.29 is 0 Å². The SMILES string of the molecule is Clc1ccc(N=C2SCCN2Cc2ccc(Cl)nc2)cc1. The summed E-state index contributed by atoms with van der Waals surface area (Å²) in [5, 5.41) is 2.28. The van der Waals surface area contributed by atoms with Crippen molar-refractivity contribution in [2.45, 2.75) is 6.54 Å². The molecule has 1 saturated heterocycles. The average Bonchev–Trinajstić information content (AvgIpc) is 2.91. The van der Waals surface area contributed by atoms with E-state index < -0.39 is 0 Å². The van der Waals surface area contributed by atoms with Crippen LogP contribution in [0.1, 0.15) is 5.56 Å². The molecule has 2 aromatic rings. The molecule has 1 aliphatic rings. The number of halogens is 2. The molecule has 6 heteroatoms. The van der Waals surface area contributed by atoms with Crippen LogP contribution >= 0.6 is 35.0 Å². The lowest BCUT2D eigenvalue weighted by Crippen LogP contribution is -2.23. The smallest absolute Gasteiger partial charge is 0.164 e. The molecule has 0 unspecified atom stereocenters. The molecule has 0 atom stereocenters. The van der Waals surface area contributed by atoms with Gasteiger partial charge < -0.3 is 4.90 Å². The van der Waals surface area contributed by atoms with Gasteiger partial charge in [0.1, 0.15) is 5.15 Å². The van der Waals surface area contributed by atoms with Crippen molar-refractivity contribution in [2.75, 3.05) is 12.3 Å². The number of benzene rings is 1. The molecule has 21 heavy (non-hydrogen) atoms. The number of rotatable bonds is 3. The fourth-order valence-electron chi connectivity index (χ4n) is 2.03. The van der Waals surface area contributed by atoms with Crippen molar-refractivity contribution in [2.24, 2.45) is 4.99 Å². The van der Waals surface area contributed by atoms with Crippen LogP contribution in [0.15, 0.2) is 47.6 Å². The Hall–Kier alpha value is -1.23. The lowest BCUT2D eigenvalue weighted by molar-refractivity contribution is 0.456. The van der Waals surface area contributed by atoms with Gasteiger partial charge in [-0.2, -0.15) is 0 Å². The normalized spacial score (nSPS) is 16.7. The van der Waals surface area contributed by atoms with E-state index in [-0.39, 0.29) is 0 Å². The van der Waals surface area contributed by atoms with Crippen molar-refractivity contribution in [1.29, 1.82) is 0 Å². The number of thioether (sulfide) groups is 1. The average molecular weight is 338 g/mol. The summed E-state index contributed by atoms with van der Waals surface area (Å²) in [5.41, 5.74) is 2.05. The van der Waals surface area contributed by atoms with E-state index in [2.05, 4.69) is 9.88 Å². The summed E-state index contributed by atoms with van der Waals surface area (Å²) in [6, 6.07) is 11.4. The molecule has 3 nitrogen and oxygen atoms in total. The fraction of sp³-hybridized carbons (Fsp3) is 0.200. The molecule has 1 fully saturated rings. The molecule has 3 rings (SSSR count). The summed E-state index contributed by atoms with van der Waals surface area (Å²) in [4.78, 5) is 11.1. The molecule has 1 aromatic carbocycles. The molecule has 2 heterocycles. The Balaban J connectivity index is 1.75. The molecule has 1 aliphatic heterocycles. The van der Waals surface area contributed by atoms with Gasteiger partial charge in [-0.3, -0.25) is 0 Å². The fourth-order valence-corrected chi connectivity index (χ4v) is 3.27. The molecular weight excluding hydrogens is 325 g/mol. The maximum Gasteiger partial charge on any atom is 0.164 e. The number of aliphatic imine (C=N–C) groups is 1. The predicted octanol–water partition coefficient (Wildman–Crippen LogP) is 4.62. The van der Waals surface area contributed by atoms with E-state index >= 15 is 0 Å². The van der Waals surface area contributed by atoms with Crippen LogP contribution in [-0.4, -0.2) is 27.3 Å². The molecule has 0 saturated carbocycles. The summed E-state index contributed by atoms with van der Waals surface area (Å²) in [7, 11) is 0. The Morgan fingerprint density at radius 3 is 2.67 bits per heavy atom. The minimum absolute atomic E-state index is 0.518. The maximum atomic E-state index is 5.90. The zero-order chi connectivity index (χ0) is 14.7. The van der Waals surface area contributed by atoms with E-state index in [0.29, 0.717) is 5.15 Å². The second-order valence-corrected chi connectivity index (χ2v) is 6.52.